The molecule has 0 rings (SSSR count). The van der Waals surface area contributed by atoms with E-state index in [4.69, 9.17) is 0 Å². The Bertz CT molecular complexity index is 671. The van der Waals surface area contributed by atoms with Gasteiger partial charge in [-0.25, -0.2) is 8.42 Å². The van der Waals surface area contributed by atoms with E-state index in [1.807, 2.05) is 0 Å². The third kappa shape index (κ3) is 4.31. The third-order valence-electron chi connectivity index (χ3n) is 3.25. The molecule has 0 aromatic carbocycles. The maximum Gasteiger partial charge on any atom is 0.700 e. The minimum Gasteiger partial charge on any atom is -0.253 e. The SMILES string of the molecule is O=[N+]([O-])C(CCS(=O)(=O)CCC([N+](=O)[O-])([N+](=O)[O-])[N+](=O)[O-])([N+](=O)[O-])[N+](=O)[O-]. The van der Waals surface area contributed by atoms with Crippen molar-refractivity contribution >= 4 is 9.84 Å². The minimum atomic E-state index is -4.88. The Hall–Kier alpha value is -3.65. The molecule has 0 saturated carbocycles. The largest absolute Gasteiger partial charge is 0.700 e. The van der Waals surface area contributed by atoms with E-state index < -0.39 is 75.3 Å². The second-order valence-electron chi connectivity index (χ2n) is 4.74. The maximum absolute atomic E-state index is 11.7. The van der Waals surface area contributed by atoms with Crippen LogP contribution in [0.15, 0.2) is 0 Å². The Morgan fingerprint density at radius 1 is 0.519 bits per heavy atom. The second-order valence-corrected chi connectivity index (χ2v) is 7.05. The van der Waals surface area contributed by atoms with E-state index >= 15 is 0 Å². The molecule has 0 bridgehead atoms. The first-order valence-corrected chi connectivity index (χ1v) is 7.97. The van der Waals surface area contributed by atoms with Gasteiger partial charge >= 0.3 is 11.6 Å². The Labute approximate surface area is 145 Å². The highest BCUT2D eigenvalue weighted by Gasteiger charge is 2.71. The average molecular weight is 420 g/mol. The van der Waals surface area contributed by atoms with Crippen LogP contribution in [0.25, 0.3) is 0 Å². The zero-order valence-corrected chi connectivity index (χ0v) is 13.5. The van der Waals surface area contributed by atoms with Gasteiger partial charge in [0, 0.05) is 0 Å². The summed E-state index contributed by atoms with van der Waals surface area (Å²) in [4.78, 5) is 52.1. The summed E-state index contributed by atoms with van der Waals surface area (Å²) in [5.74, 6) is -11.6. The van der Waals surface area contributed by atoms with Crippen molar-refractivity contribution in [3.05, 3.63) is 60.7 Å². The molecule has 0 aromatic heterocycles. The molecule has 0 saturated heterocycles. The van der Waals surface area contributed by atoms with E-state index in [-0.39, 0.29) is 0 Å². The van der Waals surface area contributed by atoms with Crippen LogP contribution in [-0.2, 0) is 9.84 Å². The van der Waals surface area contributed by atoms with Crippen LogP contribution in [0.2, 0.25) is 0 Å². The second kappa shape index (κ2) is 7.71. The molecule has 0 N–H and O–H groups in total. The Balaban J connectivity index is 5.64. The zero-order chi connectivity index (χ0) is 21.8. The van der Waals surface area contributed by atoms with Gasteiger partial charge in [0.1, 0.15) is 0 Å². The minimum absolute atomic E-state index is 1.67. The number of hydrogen-bond acceptors (Lipinski definition) is 14. The van der Waals surface area contributed by atoms with Crippen LogP contribution in [-0.4, -0.2) is 61.0 Å². The van der Waals surface area contributed by atoms with Crippen LogP contribution >= 0.6 is 0 Å². The van der Waals surface area contributed by atoms with Gasteiger partial charge in [0.2, 0.25) is 0 Å². The Kier molecular flexibility index (Phi) is 6.67. The summed E-state index contributed by atoms with van der Waals surface area (Å²) in [6.07, 6.45) is -3.66. The number of rotatable bonds is 12. The molecule has 21 heteroatoms. The summed E-state index contributed by atoms with van der Waals surface area (Å²) < 4.78 is 23.4. The van der Waals surface area contributed by atoms with Gasteiger partial charge < -0.3 is 0 Å². The topological polar surface area (TPSA) is 293 Å². The molecule has 0 atom stereocenters. The maximum atomic E-state index is 11.7. The van der Waals surface area contributed by atoms with Crippen molar-refractivity contribution in [2.45, 2.75) is 24.4 Å². The molecule has 20 nitrogen and oxygen atoms in total. The van der Waals surface area contributed by atoms with Crippen LogP contribution in [0.1, 0.15) is 12.8 Å². The summed E-state index contributed by atoms with van der Waals surface area (Å²) in [6.45, 7) is 0. The fraction of sp³-hybridized carbons (Fsp3) is 1.00. The molecule has 152 valence electrons. The molecule has 0 aliphatic heterocycles. The fourth-order valence-electron chi connectivity index (χ4n) is 1.63. The van der Waals surface area contributed by atoms with E-state index in [9.17, 15) is 69.1 Å². The first kappa shape index (κ1) is 23.4. The van der Waals surface area contributed by atoms with Gasteiger partial charge in [0.15, 0.2) is 52.2 Å². The molecular weight excluding hydrogens is 412 g/mol. The van der Waals surface area contributed by atoms with Gasteiger partial charge in [-0.3, -0.25) is 60.7 Å². The van der Waals surface area contributed by atoms with E-state index in [0.29, 0.717) is 0 Å². The Morgan fingerprint density at radius 3 is 0.852 bits per heavy atom. The van der Waals surface area contributed by atoms with Crippen molar-refractivity contribution in [3.8, 4) is 0 Å². The smallest absolute Gasteiger partial charge is 0.253 e. The van der Waals surface area contributed by atoms with Crippen LogP contribution in [0, 0.1) is 60.7 Å². The third-order valence-corrected chi connectivity index (χ3v) is 4.90. The summed E-state index contributed by atoms with van der Waals surface area (Å²) in [7, 11) is -4.88. The molecule has 0 fully saturated rings. The molecular formula is C6H8N6O14S. The molecule has 0 amide bonds. The summed E-state index contributed by atoms with van der Waals surface area (Å²) in [6, 6.07) is 0. The van der Waals surface area contributed by atoms with Gasteiger partial charge in [-0.1, -0.05) is 0 Å². The predicted octanol–water partition coefficient (Wildman–Crippen LogP) is -1.85. The van der Waals surface area contributed by atoms with Gasteiger partial charge in [-0.2, -0.15) is 0 Å². The van der Waals surface area contributed by atoms with Crippen LogP contribution in [0.3, 0.4) is 0 Å². The van der Waals surface area contributed by atoms with Crippen molar-refractivity contribution < 1.29 is 38.0 Å². The lowest BCUT2D eigenvalue weighted by Gasteiger charge is -2.10. The van der Waals surface area contributed by atoms with E-state index in [2.05, 4.69) is 0 Å². The van der Waals surface area contributed by atoms with E-state index in [1.165, 1.54) is 0 Å². The van der Waals surface area contributed by atoms with Crippen molar-refractivity contribution in [3.63, 3.8) is 0 Å². The fourth-order valence-corrected chi connectivity index (χ4v) is 3.01. The molecule has 0 aliphatic carbocycles. The molecule has 0 radical (unpaired) electrons. The highest BCUT2D eigenvalue weighted by molar-refractivity contribution is 7.91. The van der Waals surface area contributed by atoms with Gasteiger partial charge in [-0.15, -0.1) is 0 Å². The average Bonchev–Trinajstić information content (AvgIpc) is 2.45. The van der Waals surface area contributed by atoms with Crippen molar-refractivity contribution in [1.82, 2.24) is 0 Å². The van der Waals surface area contributed by atoms with Crippen molar-refractivity contribution in [2.24, 2.45) is 0 Å². The molecule has 0 aliphatic rings. The van der Waals surface area contributed by atoms with Gasteiger partial charge in [0.05, 0.1) is 11.5 Å². The van der Waals surface area contributed by atoms with Crippen LogP contribution in [0.4, 0.5) is 0 Å². The molecule has 27 heavy (non-hydrogen) atoms. The molecule has 0 aromatic rings. The van der Waals surface area contributed by atoms with Gasteiger partial charge in [0.25, 0.3) is 0 Å². The van der Waals surface area contributed by atoms with E-state index in [0.717, 1.165) is 0 Å². The number of sulfone groups is 1. The lowest BCUT2D eigenvalue weighted by molar-refractivity contribution is -0.970. The highest BCUT2D eigenvalue weighted by Crippen LogP contribution is 2.22. The number of nitrogens with zero attached hydrogens (tertiary/aromatic N) is 6. The van der Waals surface area contributed by atoms with E-state index in [1.54, 1.807) is 0 Å². The first-order chi connectivity index (χ1) is 12.1. The van der Waals surface area contributed by atoms with Crippen molar-refractivity contribution in [1.29, 1.82) is 0 Å². The van der Waals surface area contributed by atoms with Gasteiger partial charge in [-0.05, 0) is 0 Å². The highest BCUT2D eigenvalue weighted by atomic mass is 32.2. The Morgan fingerprint density at radius 2 is 0.704 bits per heavy atom. The summed E-state index contributed by atoms with van der Waals surface area (Å²) in [5, 5.41) is 64.0. The lowest BCUT2D eigenvalue weighted by atomic mass is 10.3. The lowest BCUT2D eigenvalue weighted by Crippen LogP contribution is -2.55. The molecule has 0 spiro atoms. The normalized spacial score (nSPS) is 12.1. The summed E-state index contributed by atoms with van der Waals surface area (Å²) >= 11 is 0. The summed E-state index contributed by atoms with van der Waals surface area (Å²) in [5.41, 5.74) is 0. The zero-order valence-electron chi connectivity index (χ0n) is 12.6. The molecule has 0 unspecified atom stereocenters. The quantitative estimate of drug-likeness (QED) is 0.190. The number of nitro groups is 6. The number of hydrogen-bond donors (Lipinski definition) is 0. The predicted molar refractivity (Wildman–Crippen MR) is 75.3 cm³/mol. The van der Waals surface area contributed by atoms with Crippen LogP contribution < -0.4 is 0 Å². The van der Waals surface area contributed by atoms with Crippen LogP contribution in [0.5, 0.6) is 0 Å². The standard InChI is InChI=1S/C6H8N6O14S/c13-7(14)5(8(15)16,9(17)18)1-3-27(25,26)4-2-6(10(19)20,11(21)22)12(23)24/h1-4H2. The van der Waals surface area contributed by atoms with Crippen molar-refractivity contribution in [2.75, 3.05) is 11.5 Å². The monoisotopic (exact) mass is 420 g/mol. The molecule has 0 heterocycles. The first-order valence-electron chi connectivity index (χ1n) is 6.15.